The van der Waals surface area contributed by atoms with Crippen molar-refractivity contribution in [1.29, 1.82) is 0 Å². The number of ether oxygens (including phenoxy) is 1. The number of halogens is 1. The molecule has 0 saturated carbocycles. The Kier molecular flexibility index (Phi) is 4.15. The maximum atomic E-state index is 10.9. The first-order chi connectivity index (χ1) is 6.10. The van der Waals surface area contributed by atoms with Crippen LogP contribution in [-0.4, -0.2) is 45.2 Å². The molecule has 0 fully saturated rings. The van der Waals surface area contributed by atoms with Crippen LogP contribution in [-0.2, 0) is 24.8 Å². The Morgan fingerprint density at radius 1 is 1.21 bits per heavy atom. The Morgan fingerprint density at radius 2 is 1.57 bits per heavy atom. The summed E-state index contributed by atoms with van der Waals surface area (Å²) in [5.74, 6) is 0. The summed E-state index contributed by atoms with van der Waals surface area (Å²) in [5, 5.41) is 0. The molecule has 1 amide bonds. The van der Waals surface area contributed by atoms with Gasteiger partial charge in [0.1, 0.15) is 0 Å². The number of alkyl halides is 1. The zero-order valence-corrected chi connectivity index (χ0v) is 9.69. The average molecular weight is 266 g/mol. The van der Waals surface area contributed by atoms with Gasteiger partial charge in [0.15, 0.2) is 6.07 Å². The third-order valence-corrected chi connectivity index (χ3v) is 4.17. The molecule has 0 aliphatic heterocycles. The number of carbonyl (C=O) groups is 1. The summed E-state index contributed by atoms with van der Waals surface area (Å²) in [5.41, 5.74) is 0. The minimum Gasteiger partial charge on any atom is -0.432 e. The van der Waals surface area contributed by atoms with Gasteiger partial charge in [-0.15, -0.1) is 0 Å². The molecule has 0 atom stereocenters. The molecular formula is C4H8ClNO6S2. The van der Waals surface area contributed by atoms with E-state index in [2.05, 4.69) is 4.74 Å². The minimum atomic E-state index is -4.23. The third-order valence-electron chi connectivity index (χ3n) is 0.930. The predicted octanol–water partition coefficient (Wildman–Crippen LogP) is -0.459. The summed E-state index contributed by atoms with van der Waals surface area (Å²) >= 11 is 4.98. The molecule has 0 radical (unpaired) electrons. The lowest BCUT2D eigenvalue weighted by Gasteiger charge is -2.15. The van der Waals surface area contributed by atoms with Crippen molar-refractivity contribution >= 4 is 37.7 Å². The number of rotatable bonds is 3. The molecule has 0 rings (SSSR count). The van der Waals surface area contributed by atoms with Crippen LogP contribution in [0.4, 0.5) is 4.79 Å². The zero-order chi connectivity index (χ0) is 11.6. The molecule has 0 aliphatic rings. The van der Waals surface area contributed by atoms with Crippen LogP contribution < -0.4 is 0 Å². The summed E-state index contributed by atoms with van der Waals surface area (Å²) in [6.07, 6.45) is -0.433. The van der Waals surface area contributed by atoms with Crippen molar-refractivity contribution in [1.82, 2.24) is 3.71 Å². The molecule has 0 N–H and O–H groups in total. The van der Waals surface area contributed by atoms with E-state index in [9.17, 15) is 21.6 Å². The van der Waals surface area contributed by atoms with Gasteiger partial charge in [-0.25, -0.2) is 21.6 Å². The van der Waals surface area contributed by atoms with Crippen molar-refractivity contribution in [2.24, 2.45) is 0 Å². The van der Waals surface area contributed by atoms with Crippen molar-refractivity contribution in [3.8, 4) is 0 Å². The van der Waals surface area contributed by atoms with Gasteiger partial charge in [0, 0.05) is 0 Å². The molecule has 0 saturated heterocycles. The lowest BCUT2D eigenvalue weighted by atomic mass is 11.2. The molecule has 7 nitrogen and oxygen atoms in total. The van der Waals surface area contributed by atoms with Crippen LogP contribution in [0.25, 0.3) is 0 Å². The molecular weight excluding hydrogens is 258 g/mol. The van der Waals surface area contributed by atoms with Crippen molar-refractivity contribution < 1.29 is 26.4 Å². The molecule has 0 aromatic rings. The van der Waals surface area contributed by atoms with E-state index < -0.39 is 32.2 Å². The van der Waals surface area contributed by atoms with E-state index in [0.717, 1.165) is 0 Å². The lowest BCUT2D eigenvalue weighted by molar-refractivity contribution is 0.157. The molecule has 0 unspecified atom stereocenters. The average Bonchev–Trinajstić information content (AvgIpc) is 1.78. The summed E-state index contributed by atoms with van der Waals surface area (Å²) in [6.45, 7) is 0. The number of nitrogens with zero attached hydrogens (tertiary/aromatic N) is 1. The molecule has 0 spiro atoms. The molecule has 0 aromatic heterocycles. The monoisotopic (exact) mass is 265 g/mol. The molecule has 10 heteroatoms. The van der Waals surface area contributed by atoms with Crippen molar-refractivity contribution in [2.45, 2.75) is 0 Å². The van der Waals surface area contributed by atoms with Gasteiger partial charge in [-0.05, 0) is 0 Å². The van der Waals surface area contributed by atoms with Gasteiger partial charge < -0.3 is 4.74 Å². The minimum absolute atomic E-state index is 0.373. The summed E-state index contributed by atoms with van der Waals surface area (Å²) in [7, 11) is -8.46. The maximum Gasteiger partial charge on any atom is 0.439 e. The highest BCUT2D eigenvalue weighted by atomic mass is 35.5. The van der Waals surface area contributed by atoms with Gasteiger partial charge in [0.05, 0.1) is 12.5 Å². The summed E-state index contributed by atoms with van der Waals surface area (Å²) in [6, 6.07) is -0.639. The maximum absolute atomic E-state index is 10.9. The molecule has 14 heavy (non-hydrogen) atoms. The predicted molar refractivity (Wildman–Crippen MR) is 48.7 cm³/mol. The number of amides is 1. The van der Waals surface area contributed by atoms with Crippen molar-refractivity contribution in [3.63, 3.8) is 0 Å². The van der Waals surface area contributed by atoms with E-state index >= 15 is 0 Å². The highest BCUT2D eigenvalue weighted by molar-refractivity contribution is 8.04. The lowest BCUT2D eigenvalue weighted by Crippen LogP contribution is -2.40. The molecule has 0 aliphatic carbocycles. The van der Waals surface area contributed by atoms with E-state index in [0.29, 0.717) is 12.5 Å². The second-order valence-corrected chi connectivity index (χ2v) is 6.35. The SMILES string of the molecule is CS(=O)(=O)N(C(=O)OCCl)S(C)(=O)=O. The molecule has 0 heterocycles. The van der Waals surface area contributed by atoms with Gasteiger partial charge in [0.25, 0.3) is 0 Å². The van der Waals surface area contributed by atoms with Crippen LogP contribution in [0, 0.1) is 0 Å². The first-order valence-electron chi connectivity index (χ1n) is 3.04. The Hall–Kier alpha value is -0.540. The number of hydrogen-bond donors (Lipinski definition) is 0. The summed E-state index contributed by atoms with van der Waals surface area (Å²) in [4.78, 5) is 10.9. The Balaban J connectivity index is 5.27. The highest BCUT2D eigenvalue weighted by Crippen LogP contribution is 2.07. The van der Waals surface area contributed by atoms with E-state index in [-0.39, 0.29) is 3.71 Å². The molecule has 84 valence electrons. The van der Waals surface area contributed by atoms with Crippen LogP contribution >= 0.6 is 11.6 Å². The van der Waals surface area contributed by atoms with Crippen molar-refractivity contribution in [3.05, 3.63) is 0 Å². The van der Waals surface area contributed by atoms with E-state index in [1.165, 1.54) is 0 Å². The standard InChI is InChI=1S/C4H8ClNO6S2/c1-13(8,9)6(14(2,10)11)4(7)12-3-5/h3H2,1-2H3. The number of carbonyl (C=O) groups excluding carboxylic acids is 1. The number of sulfonamides is 2. The smallest absolute Gasteiger partial charge is 0.432 e. The third kappa shape index (κ3) is 3.68. The van der Waals surface area contributed by atoms with Crippen LogP contribution in [0.2, 0.25) is 0 Å². The van der Waals surface area contributed by atoms with E-state index in [4.69, 9.17) is 11.6 Å². The Bertz CT molecular complexity index is 379. The second-order valence-electron chi connectivity index (χ2n) is 2.24. The van der Waals surface area contributed by atoms with Gasteiger partial charge in [-0.1, -0.05) is 15.3 Å². The highest BCUT2D eigenvalue weighted by Gasteiger charge is 2.33. The van der Waals surface area contributed by atoms with Gasteiger partial charge >= 0.3 is 6.09 Å². The van der Waals surface area contributed by atoms with Gasteiger partial charge in [0.2, 0.25) is 20.0 Å². The van der Waals surface area contributed by atoms with Crippen LogP contribution in [0.15, 0.2) is 0 Å². The first-order valence-corrected chi connectivity index (χ1v) is 7.27. The fraction of sp³-hybridized carbons (Fsp3) is 0.750. The van der Waals surface area contributed by atoms with Crippen LogP contribution in [0.3, 0.4) is 0 Å². The quantitative estimate of drug-likeness (QED) is 0.641. The summed E-state index contributed by atoms with van der Waals surface area (Å²) < 4.78 is 47.3. The van der Waals surface area contributed by atoms with Crippen LogP contribution in [0.1, 0.15) is 0 Å². The van der Waals surface area contributed by atoms with Crippen LogP contribution in [0.5, 0.6) is 0 Å². The van der Waals surface area contributed by atoms with Gasteiger partial charge in [-0.2, -0.15) is 0 Å². The fourth-order valence-corrected chi connectivity index (χ4v) is 3.32. The number of hydrogen-bond acceptors (Lipinski definition) is 6. The normalized spacial score (nSPS) is 12.2. The fourth-order valence-electron chi connectivity index (χ4n) is 0.616. The molecule has 0 aromatic carbocycles. The molecule has 0 bridgehead atoms. The van der Waals surface area contributed by atoms with E-state index in [1.54, 1.807) is 0 Å². The second kappa shape index (κ2) is 4.32. The zero-order valence-electron chi connectivity index (χ0n) is 7.30. The van der Waals surface area contributed by atoms with E-state index in [1.807, 2.05) is 0 Å². The largest absolute Gasteiger partial charge is 0.439 e. The Labute approximate surface area is 86.7 Å². The topological polar surface area (TPSA) is 97.8 Å². The Morgan fingerprint density at radius 3 is 1.79 bits per heavy atom. The van der Waals surface area contributed by atoms with Gasteiger partial charge in [-0.3, -0.25) is 0 Å². The first kappa shape index (κ1) is 13.5. The van der Waals surface area contributed by atoms with Crippen molar-refractivity contribution in [2.75, 3.05) is 18.6 Å².